The van der Waals surface area contributed by atoms with Gasteiger partial charge in [-0.05, 0) is 19.4 Å². The summed E-state index contributed by atoms with van der Waals surface area (Å²) in [7, 11) is 5.31. The molecule has 0 fully saturated rings. The Morgan fingerprint density at radius 3 is 2.45 bits per heavy atom. The first kappa shape index (κ1) is 10.1. The molecule has 2 heteroatoms. The standard InChI is InChI=1S/C9H13BO/c1-4-7(2)5-6-9(11)8(3)10/h5-6,11H,2,4H2,1,3H3/b6-5-,9-8-. The van der Waals surface area contributed by atoms with E-state index in [4.69, 9.17) is 13.0 Å². The van der Waals surface area contributed by atoms with Crippen LogP contribution in [0.2, 0.25) is 0 Å². The Kier molecular flexibility index (Phi) is 4.43. The molecule has 0 aromatic heterocycles. The summed E-state index contributed by atoms with van der Waals surface area (Å²) in [6, 6.07) is 0. The lowest BCUT2D eigenvalue weighted by Crippen LogP contribution is -1.82. The van der Waals surface area contributed by atoms with Crippen molar-refractivity contribution in [2.45, 2.75) is 20.3 Å². The molecule has 58 valence electrons. The van der Waals surface area contributed by atoms with Crippen molar-refractivity contribution in [3.63, 3.8) is 0 Å². The van der Waals surface area contributed by atoms with E-state index in [1.165, 1.54) is 0 Å². The zero-order chi connectivity index (χ0) is 8.85. The molecule has 0 heterocycles. The lowest BCUT2D eigenvalue weighted by atomic mass is 9.96. The van der Waals surface area contributed by atoms with Gasteiger partial charge in [-0.15, -0.1) is 0 Å². The van der Waals surface area contributed by atoms with E-state index >= 15 is 0 Å². The van der Waals surface area contributed by atoms with Crippen LogP contribution in [0.1, 0.15) is 20.3 Å². The van der Waals surface area contributed by atoms with E-state index in [2.05, 4.69) is 6.58 Å². The molecule has 0 aromatic rings. The Morgan fingerprint density at radius 2 is 2.09 bits per heavy atom. The smallest absolute Gasteiger partial charge is 0.112 e. The SMILES string of the molecule is [B]/C(C)=C(O)/C=C\C(=C)CC. The maximum Gasteiger partial charge on any atom is 0.112 e. The van der Waals surface area contributed by atoms with Gasteiger partial charge in [0.05, 0.1) is 0 Å². The van der Waals surface area contributed by atoms with Crippen LogP contribution in [0.3, 0.4) is 0 Å². The van der Waals surface area contributed by atoms with Gasteiger partial charge in [0.15, 0.2) is 0 Å². The summed E-state index contributed by atoms with van der Waals surface area (Å²) >= 11 is 0. The van der Waals surface area contributed by atoms with Crippen molar-refractivity contribution in [2.24, 2.45) is 0 Å². The van der Waals surface area contributed by atoms with Gasteiger partial charge in [0.2, 0.25) is 0 Å². The Hall–Kier alpha value is -0.915. The largest absolute Gasteiger partial charge is 0.509 e. The van der Waals surface area contributed by atoms with Crippen molar-refractivity contribution < 1.29 is 5.11 Å². The van der Waals surface area contributed by atoms with Gasteiger partial charge in [0.25, 0.3) is 0 Å². The van der Waals surface area contributed by atoms with E-state index in [0.29, 0.717) is 5.47 Å². The summed E-state index contributed by atoms with van der Waals surface area (Å²) in [5, 5.41) is 9.10. The molecule has 0 amide bonds. The normalized spacial score (nSPS) is 13.3. The van der Waals surface area contributed by atoms with Crippen LogP contribution < -0.4 is 0 Å². The topological polar surface area (TPSA) is 20.2 Å². The van der Waals surface area contributed by atoms with Crippen LogP contribution in [0.5, 0.6) is 0 Å². The fourth-order valence-electron chi connectivity index (χ4n) is 0.446. The van der Waals surface area contributed by atoms with Gasteiger partial charge in [0, 0.05) is 0 Å². The van der Waals surface area contributed by atoms with Crippen LogP contribution >= 0.6 is 0 Å². The summed E-state index contributed by atoms with van der Waals surface area (Å²) < 4.78 is 0. The second-order valence-corrected chi connectivity index (χ2v) is 2.41. The van der Waals surface area contributed by atoms with E-state index < -0.39 is 0 Å². The summed E-state index contributed by atoms with van der Waals surface area (Å²) in [4.78, 5) is 0. The molecule has 0 rings (SSSR count). The Morgan fingerprint density at radius 1 is 1.55 bits per heavy atom. The van der Waals surface area contributed by atoms with Crippen molar-refractivity contribution in [3.05, 3.63) is 35.5 Å². The molecule has 0 aromatic carbocycles. The molecule has 0 atom stereocenters. The van der Waals surface area contributed by atoms with Crippen molar-refractivity contribution in [2.75, 3.05) is 0 Å². The highest BCUT2D eigenvalue weighted by Gasteiger charge is 1.88. The number of hydrogen-bond acceptors (Lipinski definition) is 1. The van der Waals surface area contributed by atoms with Gasteiger partial charge in [-0.25, -0.2) is 0 Å². The molecular formula is C9H13BO. The number of hydrogen-bond donors (Lipinski definition) is 1. The molecule has 0 unspecified atom stereocenters. The number of aliphatic hydroxyl groups excluding tert-OH is 1. The molecule has 0 saturated heterocycles. The molecule has 0 aliphatic rings. The summed E-state index contributed by atoms with van der Waals surface area (Å²) in [5.41, 5.74) is 1.39. The van der Waals surface area contributed by atoms with Crippen molar-refractivity contribution in [1.29, 1.82) is 0 Å². The second kappa shape index (κ2) is 4.83. The lowest BCUT2D eigenvalue weighted by Gasteiger charge is -1.95. The predicted molar refractivity (Wildman–Crippen MR) is 49.7 cm³/mol. The van der Waals surface area contributed by atoms with Gasteiger partial charge in [-0.2, -0.15) is 0 Å². The van der Waals surface area contributed by atoms with Crippen LogP contribution in [0.15, 0.2) is 35.5 Å². The lowest BCUT2D eigenvalue weighted by molar-refractivity contribution is 0.429. The van der Waals surface area contributed by atoms with E-state index in [0.717, 1.165) is 12.0 Å². The first-order valence-corrected chi connectivity index (χ1v) is 3.59. The van der Waals surface area contributed by atoms with E-state index in [1.807, 2.05) is 6.92 Å². The number of rotatable bonds is 3. The zero-order valence-corrected chi connectivity index (χ0v) is 7.09. The molecule has 1 nitrogen and oxygen atoms in total. The van der Waals surface area contributed by atoms with Crippen molar-refractivity contribution in [3.8, 4) is 0 Å². The maximum atomic E-state index is 9.10. The summed E-state index contributed by atoms with van der Waals surface area (Å²) in [6.07, 6.45) is 4.19. The molecular weight excluding hydrogens is 135 g/mol. The van der Waals surface area contributed by atoms with Gasteiger partial charge >= 0.3 is 0 Å². The minimum atomic E-state index is 0.111. The van der Waals surface area contributed by atoms with Crippen molar-refractivity contribution >= 4 is 7.85 Å². The minimum absolute atomic E-state index is 0.111. The summed E-state index contributed by atoms with van der Waals surface area (Å²) in [6.45, 7) is 7.39. The Labute approximate surface area is 69.5 Å². The average molecular weight is 148 g/mol. The van der Waals surface area contributed by atoms with Gasteiger partial charge in [-0.1, -0.05) is 30.6 Å². The monoisotopic (exact) mass is 148 g/mol. The third kappa shape index (κ3) is 4.48. The molecule has 2 radical (unpaired) electrons. The Bertz CT molecular complexity index is 198. The summed E-state index contributed by atoms with van der Waals surface area (Å²) in [5.74, 6) is 0.111. The molecule has 0 aliphatic heterocycles. The van der Waals surface area contributed by atoms with Crippen LogP contribution in [-0.2, 0) is 0 Å². The highest BCUT2D eigenvalue weighted by Crippen LogP contribution is 2.02. The molecule has 0 spiro atoms. The molecule has 0 saturated carbocycles. The van der Waals surface area contributed by atoms with Crippen LogP contribution in [-0.4, -0.2) is 13.0 Å². The Balaban J connectivity index is 4.15. The first-order chi connectivity index (χ1) is 5.07. The molecule has 1 N–H and O–H groups in total. The van der Waals surface area contributed by atoms with E-state index in [1.54, 1.807) is 19.1 Å². The third-order valence-corrected chi connectivity index (χ3v) is 1.34. The van der Waals surface area contributed by atoms with E-state index in [9.17, 15) is 0 Å². The van der Waals surface area contributed by atoms with Crippen LogP contribution in [0.4, 0.5) is 0 Å². The van der Waals surface area contributed by atoms with Crippen LogP contribution in [0, 0.1) is 0 Å². The zero-order valence-electron chi connectivity index (χ0n) is 7.09. The number of allylic oxidation sites excluding steroid dienone is 4. The first-order valence-electron chi connectivity index (χ1n) is 3.59. The molecule has 0 bridgehead atoms. The maximum absolute atomic E-state index is 9.10. The molecule has 0 aliphatic carbocycles. The quantitative estimate of drug-likeness (QED) is 0.370. The van der Waals surface area contributed by atoms with Crippen LogP contribution in [0.25, 0.3) is 0 Å². The predicted octanol–water partition coefficient (Wildman–Crippen LogP) is 2.47. The second-order valence-electron chi connectivity index (χ2n) is 2.41. The van der Waals surface area contributed by atoms with Gasteiger partial charge < -0.3 is 5.11 Å². The van der Waals surface area contributed by atoms with Gasteiger partial charge in [0.1, 0.15) is 13.6 Å². The highest BCUT2D eigenvalue weighted by atomic mass is 16.3. The minimum Gasteiger partial charge on any atom is -0.509 e. The third-order valence-electron chi connectivity index (χ3n) is 1.34. The van der Waals surface area contributed by atoms with Crippen molar-refractivity contribution in [1.82, 2.24) is 0 Å². The van der Waals surface area contributed by atoms with E-state index in [-0.39, 0.29) is 5.76 Å². The fraction of sp³-hybridized carbons (Fsp3) is 0.333. The number of aliphatic hydroxyl groups is 1. The molecule has 11 heavy (non-hydrogen) atoms. The average Bonchev–Trinajstić information content (AvgIpc) is 1.99. The highest BCUT2D eigenvalue weighted by molar-refractivity contribution is 6.21. The van der Waals surface area contributed by atoms with Gasteiger partial charge in [-0.3, -0.25) is 0 Å². The fourth-order valence-corrected chi connectivity index (χ4v) is 0.446.